The van der Waals surface area contributed by atoms with E-state index in [-0.39, 0.29) is 5.91 Å². The number of rotatable bonds is 6. The number of hydrogen-bond donors (Lipinski definition) is 2. The van der Waals surface area contributed by atoms with Crippen LogP contribution in [0.1, 0.15) is 17.7 Å². The van der Waals surface area contributed by atoms with Gasteiger partial charge in [-0.1, -0.05) is 6.07 Å². The molecule has 1 fully saturated rings. The minimum atomic E-state index is -0.0926. The van der Waals surface area contributed by atoms with Crippen LogP contribution in [0.15, 0.2) is 53.9 Å². The van der Waals surface area contributed by atoms with Gasteiger partial charge in [-0.25, -0.2) is 0 Å². The van der Waals surface area contributed by atoms with Crippen LogP contribution in [0.5, 0.6) is 0 Å². The maximum atomic E-state index is 12.0. The number of nitrogens with zero attached hydrogens (tertiary/aromatic N) is 3. The van der Waals surface area contributed by atoms with Crippen molar-refractivity contribution < 1.29 is 4.79 Å². The van der Waals surface area contributed by atoms with Gasteiger partial charge in [0.05, 0.1) is 6.42 Å². The first-order valence-electron chi connectivity index (χ1n) is 9.04. The fraction of sp³-hybridized carbons (Fsp3) is 0.250. The second-order valence-electron chi connectivity index (χ2n) is 6.47. The van der Waals surface area contributed by atoms with Crippen molar-refractivity contribution in [2.75, 3.05) is 28.6 Å². The molecule has 2 aromatic heterocycles. The van der Waals surface area contributed by atoms with Crippen LogP contribution in [-0.2, 0) is 11.2 Å². The van der Waals surface area contributed by atoms with Gasteiger partial charge in [0.1, 0.15) is 0 Å². The van der Waals surface area contributed by atoms with Crippen LogP contribution in [0.3, 0.4) is 0 Å². The van der Waals surface area contributed by atoms with E-state index in [2.05, 4.69) is 37.9 Å². The summed E-state index contributed by atoms with van der Waals surface area (Å²) >= 11 is 1.56. The Balaban J connectivity index is 1.32. The van der Waals surface area contributed by atoms with Crippen molar-refractivity contribution >= 4 is 40.3 Å². The van der Waals surface area contributed by atoms with Crippen molar-refractivity contribution in [1.29, 1.82) is 0 Å². The number of aromatic nitrogens is 2. The van der Waals surface area contributed by atoms with Gasteiger partial charge in [-0.05, 0) is 60.7 Å². The van der Waals surface area contributed by atoms with E-state index >= 15 is 0 Å². The average Bonchev–Trinajstić information content (AvgIpc) is 3.38. The molecule has 138 valence electrons. The molecule has 3 heterocycles. The van der Waals surface area contributed by atoms with Crippen LogP contribution >= 0.6 is 11.3 Å². The molecule has 0 unspecified atom stereocenters. The summed E-state index contributed by atoms with van der Waals surface area (Å²) in [6, 6.07) is 15.8. The lowest BCUT2D eigenvalue weighted by atomic mass is 10.2. The molecule has 0 radical (unpaired) electrons. The van der Waals surface area contributed by atoms with E-state index in [1.165, 1.54) is 18.5 Å². The molecule has 3 aromatic rings. The molecule has 27 heavy (non-hydrogen) atoms. The number of carbonyl (C=O) groups is 1. The SMILES string of the molecule is O=C(Cc1cccs1)Nc1ccc(Nc2ccc(N3CCCC3)cc2)nn1. The van der Waals surface area contributed by atoms with Crippen molar-refractivity contribution in [3.63, 3.8) is 0 Å². The predicted molar refractivity (Wildman–Crippen MR) is 110 cm³/mol. The van der Waals surface area contributed by atoms with Crippen molar-refractivity contribution in [3.05, 3.63) is 58.8 Å². The first-order valence-corrected chi connectivity index (χ1v) is 9.92. The molecule has 1 saturated heterocycles. The lowest BCUT2D eigenvalue weighted by Gasteiger charge is -2.17. The van der Waals surface area contributed by atoms with Crippen LogP contribution in [0.2, 0.25) is 0 Å². The van der Waals surface area contributed by atoms with Gasteiger partial charge in [-0.3, -0.25) is 4.79 Å². The largest absolute Gasteiger partial charge is 0.372 e. The maximum Gasteiger partial charge on any atom is 0.230 e. The minimum Gasteiger partial charge on any atom is -0.372 e. The first-order chi connectivity index (χ1) is 13.3. The lowest BCUT2D eigenvalue weighted by molar-refractivity contribution is -0.115. The van der Waals surface area contributed by atoms with Crippen molar-refractivity contribution in [2.45, 2.75) is 19.3 Å². The Morgan fingerprint density at radius 2 is 1.74 bits per heavy atom. The quantitative estimate of drug-likeness (QED) is 0.676. The molecule has 0 saturated carbocycles. The molecule has 7 heteroatoms. The van der Waals surface area contributed by atoms with Crippen molar-refractivity contribution in [3.8, 4) is 0 Å². The second kappa shape index (κ2) is 8.18. The molecule has 4 rings (SSSR count). The van der Waals surface area contributed by atoms with Crippen LogP contribution in [0, 0.1) is 0 Å². The second-order valence-corrected chi connectivity index (χ2v) is 7.51. The molecule has 0 aliphatic carbocycles. The third kappa shape index (κ3) is 4.62. The molecular weight excluding hydrogens is 358 g/mol. The Morgan fingerprint density at radius 3 is 2.41 bits per heavy atom. The zero-order valence-electron chi connectivity index (χ0n) is 14.9. The van der Waals surface area contributed by atoms with Gasteiger partial charge >= 0.3 is 0 Å². The fourth-order valence-electron chi connectivity index (χ4n) is 3.10. The number of thiophene rings is 1. The van der Waals surface area contributed by atoms with Crippen LogP contribution in [0.4, 0.5) is 23.0 Å². The lowest BCUT2D eigenvalue weighted by Crippen LogP contribution is -2.17. The van der Waals surface area contributed by atoms with Crippen molar-refractivity contribution in [2.24, 2.45) is 0 Å². The number of hydrogen-bond acceptors (Lipinski definition) is 6. The maximum absolute atomic E-state index is 12.0. The molecule has 1 aliphatic heterocycles. The number of nitrogens with one attached hydrogen (secondary N) is 2. The van der Waals surface area contributed by atoms with Gasteiger partial charge in [0.2, 0.25) is 5.91 Å². The smallest absolute Gasteiger partial charge is 0.230 e. The van der Waals surface area contributed by atoms with Gasteiger partial charge in [0.15, 0.2) is 11.6 Å². The van der Waals surface area contributed by atoms with Gasteiger partial charge in [-0.15, -0.1) is 21.5 Å². The first kappa shape index (κ1) is 17.5. The highest BCUT2D eigenvalue weighted by atomic mass is 32.1. The summed E-state index contributed by atoms with van der Waals surface area (Å²) in [4.78, 5) is 15.4. The molecule has 2 N–H and O–H groups in total. The molecule has 1 aromatic carbocycles. The standard InChI is InChI=1S/C20H21N5OS/c26-20(14-17-4-3-13-27-17)22-19-10-9-18(23-24-19)21-15-5-7-16(8-6-15)25-11-1-2-12-25/h3-10,13H,1-2,11-12,14H2,(H,21,23)(H,22,24,26). The van der Waals surface area contributed by atoms with E-state index < -0.39 is 0 Å². The van der Waals surface area contributed by atoms with Gasteiger partial charge < -0.3 is 15.5 Å². The fourth-order valence-corrected chi connectivity index (χ4v) is 3.81. The van der Waals surface area contributed by atoms with Crippen LogP contribution < -0.4 is 15.5 Å². The monoisotopic (exact) mass is 379 g/mol. The third-order valence-corrected chi connectivity index (χ3v) is 5.33. The van der Waals surface area contributed by atoms with E-state index in [9.17, 15) is 4.79 Å². The number of amides is 1. The highest BCUT2D eigenvalue weighted by molar-refractivity contribution is 7.10. The summed E-state index contributed by atoms with van der Waals surface area (Å²) < 4.78 is 0. The van der Waals surface area contributed by atoms with E-state index in [4.69, 9.17) is 0 Å². The van der Waals surface area contributed by atoms with Crippen LogP contribution in [-0.4, -0.2) is 29.2 Å². The van der Waals surface area contributed by atoms with Crippen molar-refractivity contribution in [1.82, 2.24) is 10.2 Å². The zero-order chi connectivity index (χ0) is 18.5. The third-order valence-electron chi connectivity index (χ3n) is 4.46. The highest BCUT2D eigenvalue weighted by Gasteiger charge is 2.12. The average molecular weight is 379 g/mol. The summed E-state index contributed by atoms with van der Waals surface area (Å²) in [7, 11) is 0. The predicted octanol–water partition coefficient (Wildman–Crippen LogP) is 4.06. The molecule has 0 spiro atoms. The van der Waals surface area contributed by atoms with Gasteiger partial charge in [-0.2, -0.15) is 0 Å². The van der Waals surface area contributed by atoms with E-state index in [1.807, 2.05) is 35.7 Å². The summed E-state index contributed by atoms with van der Waals surface area (Å²) in [6.07, 6.45) is 2.89. The Labute approximate surface area is 162 Å². The Kier molecular flexibility index (Phi) is 5.29. The normalized spacial score (nSPS) is 13.6. The molecule has 0 atom stereocenters. The van der Waals surface area contributed by atoms with E-state index in [0.717, 1.165) is 23.7 Å². The number of benzene rings is 1. The topological polar surface area (TPSA) is 70.2 Å². The van der Waals surface area contributed by atoms with Crippen LogP contribution in [0.25, 0.3) is 0 Å². The minimum absolute atomic E-state index is 0.0926. The summed E-state index contributed by atoms with van der Waals surface area (Å²) in [6.45, 7) is 2.27. The summed E-state index contributed by atoms with van der Waals surface area (Å²) in [5.74, 6) is 0.997. The Bertz CT molecular complexity index is 872. The Hall–Kier alpha value is -2.93. The number of carbonyl (C=O) groups excluding carboxylic acids is 1. The molecule has 1 aliphatic rings. The van der Waals surface area contributed by atoms with Gasteiger partial charge in [0.25, 0.3) is 0 Å². The van der Waals surface area contributed by atoms with E-state index in [0.29, 0.717) is 18.1 Å². The summed E-state index contributed by atoms with van der Waals surface area (Å²) in [5, 5.41) is 16.2. The molecular formula is C20H21N5OS. The molecule has 1 amide bonds. The Morgan fingerprint density at radius 1 is 1.00 bits per heavy atom. The van der Waals surface area contributed by atoms with E-state index in [1.54, 1.807) is 17.4 Å². The highest BCUT2D eigenvalue weighted by Crippen LogP contribution is 2.23. The van der Waals surface area contributed by atoms with Gasteiger partial charge in [0, 0.05) is 29.3 Å². The summed E-state index contributed by atoms with van der Waals surface area (Å²) in [5.41, 5.74) is 2.22. The zero-order valence-corrected chi connectivity index (χ0v) is 15.7. The molecule has 6 nitrogen and oxygen atoms in total. The molecule has 0 bridgehead atoms. The number of anilines is 4.